The highest BCUT2D eigenvalue weighted by atomic mass is 14.7. The van der Waals surface area contributed by atoms with Crippen LogP contribution in [0.25, 0.3) is 10.9 Å². The van der Waals surface area contributed by atoms with E-state index >= 15 is 0 Å². The highest BCUT2D eigenvalue weighted by molar-refractivity contribution is 5.79. The Balaban J connectivity index is 2.54. The summed E-state index contributed by atoms with van der Waals surface area (Å²) in [5.41, 5.74) is 2.09. The molecule has 12 heavy (non-hydrogen) atoms. The molecule has 1 aromatic heterocycles. The average molecular weight is 155 g/mol. The highest BCUT2D eigenvalue weighted by Gasteiger charge is 1.95. The minimum Gasteiger partial charge on any atom is -0.361 e. The van der Waals surface area contributed by atoms with Crippen molar-refractivity contribution < 1.29 is 0 Å². The summed E-state index contributed by atoms with van der Waals surface area (Å²) >= 11 is 0. The molecule has 0 aliphatic carbocycles. The molecule has 0 bridgehead atoms. The lowest BCUT2D eigenvalue weighted by Gasteiger charge is -1.93. The lowest BCUT2D eigenvalue weighted by atomic mass is 10.1. The third-order valence-corrected chi connectivity index (χ3v) is 1.82. The number of benzene rings is 1. The fourth-order valence-corrected chi connectivity index (χ4v) is 1.23. The summed E-state index contributed by atoms with van der Waals surface area (Å²) in [6.45, 7) is 0. The topological polar surface area (TPSA) is 39.6 Å². The molecular weight excluding hydrogens is 148 g/mol. The van der Waals surface area contributed by atoms with Crippen molar-refractivity contribution in [3.05, 3.63) is 36.0 Å². The molecule has 0 aliphatic rings. The van der Waals surface area contributed by atoms with Gasteiger partial charge in [-0.25, -0.2) is 0 Å². The van der Waals surface area contributed by atoms with Gasteiger partial charge in [-0.2, -0.15) is 5.26 Å². The molecular formula is C10H7N2. The predicted octanol–water partition coefficient (Wildman–Crippen LogP) is 2.03. The fraction of sp³-hybridized carbons (Fsp3) is 0.100. The van der Waals surface area contributed by atoms with Crippen molar-refractivity contribution in [2.75, 3.05) is 0 Å². The van der Waals surface area contributed by atoms with Gasteiger partial charge in [0.25, 0.3) is 0 Å². The molecule has 2 rings (SSSR count). The number of hydrogen-bond donors (Lipinski definition) is 1. The highest BCUT2D eigenvalue weighted by Crippen LogP contribution is 2.13. The molecule has 0 amide bonds. The zero-order chi connectivity index (χ0) is 8.39. The van der Waals surface area contributed by atoms with E-state index in [-0.39, 0.29) is 0 Å². The summed E-state index contributed by atoms with van der Waals surface area (Å²) in [6.07, 6.45) is 2.25. The molecule has 0 unspecified atom stereocenters. The second-order valence-electron chi connectivity index (χ2n) is 2.65. The van der Waals surface area contributed by atoms with Gasteiger partial charge in [0.15, 0.2) is 0 Å². The van der Waals surface area contributed by atoms with Crippen LogP contribution in [0.3, 0.4) is 0 Å². The minimum absolute atomic E-state index is 0.467. The summed E-state index contributed by atoms with van der Waals surface area (Å²) < 4.78 is 0. The van der Waals surface area contributed by atoms with Crippen LogP contribution in [0.15, 0.2) is 24.4 Å². The monoisotopic (exact) mass is 155 g/mol. The Morgan fingerprint density at radius 2 is 2.42 bits per heavy atom. The maximum atomic E-state index is 8.47. The molecule has 0 atom stereocenters. The molecule has 1 radical (unpaired) electrons. The van der Waals surface area contributed by atoms with Gasteiger partial charge in [-0.3, -0.25) is 0 Å². The van der Waals surface area contributed by atoms with E-state index in [0.717, 1.165) is 16.5 Å². The van der Waals surface area contributed by atoms with E-state index in [9.17, 15) is 0 Å². The van der Waals surface area contributed by atoms with E-state index in [4.69, 9.17) is 5.26 Å². The van der Waals surface area contributed by atoms with E-state index < -0.39 is 0 Å². The number of rotatable bonds is 1. The van der Waals surface area contributed by atoms with Crippen molar-refractivity contribution in [2.24, 2.45) is 0 Å². The molecule has 1 N–H and O–H groups in total. The number of nitriles is 1. The van der Waals surface area contributed by atoms with Gasteiger partial charge in [-0.05, 0) is 11.6 Å². The van der Waals surface area contributed by atoms with Gasteiger partial charge in [-0.15, -0.1) is 0 Å². The second-order valence-corrected chi connectivity index (χ2v) is 2.65. The smallest absolute Gasteiger partial charge is 0.0669 e. The third-order valence-electron chi connectivity index (χ3n) is 1.82. The summed E-state index contributed by atoms with van der Waals surface area (Å²) in [4.78, 5) is 3.05. The summed E-state index contributed by atoms with van der Waals surface area (Å²) in [5, 5.41) is 9.54. The standard InChI is InChI=1S/C10H7N2/c11-5-3-8-1-2-9-4-6-12-10(9)7-8/h1-2,6-7,12H,3H2. The quantitative estimate of drug-likeness (QED) is 0.672. The van der Waals surface area contributed by atoms with Crippen molar-refractivity contribution in [3.63, 3.8) is 0 Å². The summed E-state index contributed by atoms with van der Waals surface area (Å²) in [6, 6.07) is 11.1. The van der Waals surface area contributed by atoms with Crippen LogP contribution in [0, 0.1) is 17.4 Å². The Labute approximate surface area is 70.4 Å². The first-order valence-corrected chi connectivity index (χ1v) is 3.75. The SMILES string of the molecule is N#CCc1ccc2[c]c[nH]c2c1. The van der Waals surface area contributed by atoms with Crippen molar-refractivity contribution in [2.45, 2.75) is 6.42 Å². The van der Waals surface area contributed by atoms with Crippen molar-refractivity contribution in [1.29, 1.82) is 5.26 Å². The van der Waals surface area contributed by atoms with Crippen LogP contribution in [0.2, 0.25) is 0 Å². The maximum Gasteiger partial charge on any atom is 0.0669 e. The Morgan fingerprint density at radius 1 is 1.50 bits per heavy atom. The van der Waals surface area contributed by atoms with Crippen LogP contribution in [-0.4, -0.2) is 4.98 Å². The predicted molar refractivity (Wildman–Crippen MR) is 46.5 cm³/mol. The fourth-order valence-electron chi connectivity index (χ4n) is 1.23. The lowest BCUT2D eigenvalue weighted by molar-refractivity contribution is 1.27. The number of aromatic amines is 1. The normalized spacial score (nSPS) is 9.92. The van der Waals surface area contributed by atoms with Crippen molar-refractivity contribution in [3.8, 4) is 6.07 Å². The zero-order valence-electron chi connectivity index (χ0n) is 6.46. The van der Waals surface area contributed by atoms with Crippen LogP contribution in [0.5, 0.6) is 0 Å². The van der Waals surface area contributed by atoms with Gasteiger partial charge in [0.1, 0.15) is 0 Å². The minimum atomic E-state index is 0.467. The molecule has 0 fully saturated rings. The van der Waals surface area contributed by atoms with E-state index in [2.05, 4.69) is 17.1 Å². The van der Waals surface area contributed by atoms with Gasteiger partial charge >= 0.3 is 0 Å². The summed E-state index contributed by atoms with van der Waals surface area (Å²) in [5.74, 6) is 0. The first-order valence-electron chi connectivity index (χ1n) is 3.75. The van der Waals surface area contributed by atoms with Gasteiger partial charge in [0.2, 0.25) is 0 Å². The maximum absolute atomic E-state index is 8.47. The van der Waals surface area contributed by atoms with Gasteiger partial charge in [0, 0.05) is 23.2 Å². The number of hydrogen-bond acceptors (Lipinski definition) is 1. The number of nitrogens with one attached hydrogen (secondary N) is 1. The Morgan fingerprint density at radius 3 is 3.25 bits per heavy atom. The molecule has 0 spiro atoms. The largest absolute Gasteiger partial charge is 0.361 e. The average Bonchev–Trinajstić information content (AvgIpc) is 2.51. The molecule has 2 nitrogen and oxygen atoms in total. The lowest BCUT2D eigenvalue weighted by Crippen LogP contribution is -1.79. The van der Waals surface area contributed by atoms with Crippen LogP contribution in [0.4, 0.5) is 0 Å². The molecule has 2 heteroatoms. The van der Waals surface area contributed by atoms with Gasteiger partial charge in [-0.1, -0.05) is 12.1 Å². The van der Waals surface area contributed by atoms with Gasteiger partial charge < -0.3 is 4.98 Å². The van der Waals surface area contributed by atoms with E-state index in [0.29, 0.717) is 6.42 Å². The van der Waals surface area contributed by atoms with Crippen molar-refractivity contribution in [1.82, 2.24) is 4.98 Å². The molecule has 2 aromatic rings. The first kappa shape index (κ1) is 6.93. The van der Waals surface area contributed by atoms with E-state index in [1.54, 1.807) is 6.20 Å². The molecule has 0 saturated heterocycles. The zero-order valence-corrected chi connectivity index (χ0v) is 6.46. The summed E-state index contributed by atoms with van der Waals surface area (Å²) in [7, 11) is 0. The number of nitrogens with zero attached hydrogens (tertiary/aromatic N) is 1. The molecule has 57 valence electrons. The number of aromatic nitrogens is 1. The van der Waals surface area contributed by atoms with E-state index in [1.807, 2.05) is 18.2 Å². The van der Waals surface area contributed by atoms with Crippen molar-refractivity contribution >= 4 is 10.9 Å². The molecule has 0 aliphatic heterocycles. The molecule has 1 heterocycles. The first-order chi connectivity index (χ1) is 5.90. The van der Waals surface area contributed by atoms with Gasteiger partial charge in [0.05, 0.1) is 12.5 Å². The Bertz CT molecular complexity index is 434. The second kappa shape index (κ2) is 2.71. The number of H-pyrrole nitrogens is 1. The van der Waals surface area contributed by atoms with Crippen LogP contribution >= 0.6 is 0 Å². The van der Waals surface area contributed by atoms with E-state index in [1.165, 1.54) is 0 Å². The number of fused-ring (bicyclic) bond motifs is 1. The Hall–Kier alpha value is -1.75. The third kappa shape index (κ3) is 1.06. The Kier molecular flexibility index (Phi) is 1.56. The van der Waals surface area contributed by atoms with Crippen LogP contribution in [-0.2, 0) is 6.42 Å². The molecule has 0 saturated carbocycles. The van der Waals surface area contributed by atoms with Crippen LogP contribution < -0.4 is 0 Å². The molecule has 1 aromatic carbocycles. The van der Waals surface area contributed by atoms with Crippen LogP contribution in [0.1, 0.15) is 5.56 Å².